The predicted octanol–water partition coefficient (Wildman–Crippen LogP) is 2.55. The van der Waals surface area contributed by atoms with Gasteiger partial charge in [-0.2, -0.15) is 0 Å². The van der Waals surface area contributed by atoms with Crippen molar-refractivity contribution in [2.45, 2.75) is 20.8 Å². The number of hydrogen-bond acceptors (Lipinski definition) is 1. The SMILES string of the molecule is CC(C)=C/C=C(/C)C=N. The van der Waals surface area contributed by atoms with E-state index in [4.69, 9.17) is 5.41 Å². The number of nitrogens with one attached hydrogen (secondary N) is 1. The van der Waals surface area contributed by atoms with E-state index in [9.17, 15) is 0 Å². The summed E-state index contributed by atoms with van der Waals surface area (Å²) < 4.78 is 0. The normalized spacial score (nSPS) is 10.8. The molecule has 0 atom stereocenters. The Hall–Kier alpha value is -0.850. The quantitative estimate of drug-likeness (QED) is 0.431. The summed E-state index contributed by atoms with van der Waals surface area (Å²) in [6, 6.07) is 0. The van der Waals surface area contributed by atoms with E-state index in [0.717, 1.165) is 5.57 Å². The van der Waals surface area contributed by atoms with Crippen molar-refractivity contribution in [3.63, 3.8) is 0 Å². The molecule has 0 aromatic carbocycles. The van der Waals surface area contributed by atoms with Gasteiger partial charge in [0.15, 0.2) is 0 Å². The first-order valence-electron chi connectivity index (χ1n) is 2.99. The fraction of sp³-hybridized carbons (Fsp3) is 0.375. The van der Waals surface area contributed by atoms with E-state index >= 15 is 0 Å². The Morgan fingerprint density at radius 2 is 1.67 bits per heavy atom. The lowest BCUT2D eigenvalue weighted by Crippen LogP contribution is -1.71. The molecule has 50 valence electrons. The van der Waals surface area contributed by atoms with E-state index in [-0.39, 0.29) is 0 Å². The van der Waals surface area contributed by atoms with Crippen LogP contribution in [0.2, 0.25) is 0 Å². The first kappa shape index (κ1) is 8.15. The lowest BCUT2D eigenvalue weighted by molar-refractivity contribution is 1.39. The van der Waals surface area contributed by atoms with Crippen LogP contribution in [0.1, 0.15) is 20.8 Å². The third kappa shape index (κ3) is 5.01. The molecule has 0 heterocycles. The number of rotatable bonds is 2. The van der Waals surface area contributed by atoms with Gasteiger partial charge in [-0.25, -0.2) is 0 Å². The van der Waals surface area contributed by atoms with Crippen molar-refractivity contribution >= 4 is 6.21 Å². The Morgan fingerprint density at radius 3 is 2.00 bits per heavy atom. The zero-order valence-corrected chi connectivity index (χ0v) is 6.23. The summed E-state index contributed by atoms with van der Waals surface area (Å²) in [6.07, 6.45) is 5.28. The highest BCUT2D eigenvalue weighted by Crippen LogP contribution is 1.92. The van der Waals surface area contributed by atoms with Gasteiger partial charge in [-0.15, -0.1) is 0 Å². The van der Waals surface area contributed by atoms with E-state index < -0.39 is 0 Å². The van der Waals surface area contributed by atoms with Gasteiger partial charge in [0.2, 0.25) is 0 Å². The van der Waals surface area contributed by atoms with Crippen LogP contribution in [0.25, 0.3) is 0 Å². The molecule has 0 aliphatic rings. The average molecular weight is 123 g/mol. The van der Waals surface area contributed by atoms with Gasteiger partial charge < -0.3 is 5.41 Å². The zero-order chi connectivity index (χ0) is 7.28. The lowest BCUT2D eigenvalue weighted by atomic mass is 10.2. The maximum absolute atomic E-state index is 6.83. The van der Waals surface area contributed by atoms with Gasteiger partial charge >= 0.3 is 0 Å². The molecule has 0 saturated carbocycles. The summed E-state index contributed by atoms with van der Waals surface area (Å²) >= 11 is 0. The summed E-state index contributed by atoms with van der Waals surface area (Å²) in [6.45, 7) is 5.98. The van der Waals surface area contributed by atoms with Crippen LogP contribution in [0, 0.1) is 5.41 Å². The molecular weight excluding hydrogens is 110 g/mol. The van der Waals surface area contributed by atoms with Crippen LogP contribution in [0.3, 0.4) is 0 Å². The van der Waals surface area contributed by atoms with Crippen molar-refractivity contribution in [1.29, 1.82) is 5.41 Å². The van der Waals surface area contributed by atoms with E-state index in [1.165, 1.54) is 11.8 Å². The highest BCUT2D eigenvalue weighted by Gasteiger charge is 1.75. The molecule has 0 aliphatic carbocycles. The maximum atomic E-state index is 6.83. The molecule has 0 saturated heterocycles. The molecule has 0 unspecified atom stereocenters. The molecule has 9 heavy (non-hydrogen) atoms. The minimum absolute atomic E-state index is 0.983. The summed E-state index contributed by atoms with van der Waals surface area (Å²) in [5, 5.41) is 6.83. The Kier molecular flexibility index (Phi) is 3.69. The molecule has 0 rings (SSSR count). The van der Waals surface area contributed by atoms with Crippen LogP contribution in [-0.2, 0) is 0 Å². The van der Waals surface area contributed by atoms with Gasteiger partial charge in [-0.1, -0.05) is 17.7 Å². The van der Waals surface area contributed by atoms with E-state index in [2.05, 4.69) is 0 Å². The highest BCUT2D eigenvalue weighted by atomic mass is 14.3. The summed E-state index contributed by atoms with van der Waals surface area (Å²) in [4.78, 5) is 0. The molecule has 0 bridgehead atoms. The second-order valence-electron chi connectivity index (χ2n) is 2.30. The average Bonchev–Trinajstić information content (AvgIpc) is 1.83. The molecule has 0 spiro atoms. The topological polar surface area (TPSA) is 23.9 Å². The van der Waals surface area contributed by atoms with Crippen molar-refractivity contribution in [3.05, 3.63) is 23.3 Å². The number of hydrogen-bond donors (Lipinski definition) is 1. The van der Waals surface area contributed by atoms with E-state index in [1.807, 2.05) is 32.9 Å². The largest absolute Gasteiger partial charge is 0.308 e. The summed E-state index contributed by atoms with van der Waals surface area (Å²) in [5.41, 5.74) is 2.24. The minimum atomic E-state index is 0.983. The lowest BCUT2D eigenvalue weighted by Gasteiger charge is -1.85. The van der Waals surface area contributed by atoms with Crippen LogP contribution in [0.15, 0.2) is 23.3 Å². The monoisotopic (exact) mass is 123 g/mol. The molecular formula is C8H13N. The van der Waals surface area contributed by atoms with Crippen molar-refractivity contribution in [2.75, 3.05) is 0 Å². The van der Waals surface area contributed by atoms with Crippen molar-refractivity contribution in [1.82, 2.24) is 0 Å². The Bertz CT molecular complexity index is 148. The van der Waals surface area contributed by atoms with Crippen LogP contribution in [0.5, 0.6) is 0 Å². The third-order valence-electron chi connectivity index (χ3n) is 0.907. The van der Waals surface area contributed by atoms with Crippen LogP contribution in [0.4, 0.5) is 0 Å². The minimum Gasteiger partial charge on any atom is -0.308 e. The summed E-state index contributed by atoms with van der Waals surface area (Å²) in [7, 11) is 0. The first-order valence-corrected chi connectivity index (χ1v) is 2.99. The molecule has 0 aromatic heterocycles. The van der Waals surface area contributed by atoms with E-state index in [0.29, 0.717) is 0 Å². The van der Waals surface area contributed by atoms with Crippen molar-refractivity contribution < 1.29 is 0 Å². The molecule has 0 aromatic rings. The van der Waals surface area contributed by atoms with Gasteiger partial charge in [0, 0.05) is 6.21 Å². The van der Waals surface area contributed by atoms with Crippen molar-refractivity contribution in [3.8, 4) is 0 Å². The Balaban J connectivity index is 3.98. The second-order valence-corrected chi connectivity index (χ2v) is 2.30. The first-order chi connectivity index (χ1) is 4.16. The number of allylic oxidation sites excluding steroid dienone is 4. The van der Waals surface area contributed by atoms with Gasteiger partial charge in [-0.3, -0.25) is 0 Å². The molecule has 0 aliphatic heterocycles. The van der Waals surface area contributed by atoms with Gasteiger partial charge in [0.25, 0.3) is 0 Å². The van der Waals surface area contributed by atoms with Crippen LogP contribution in [-0.4, -0.2) is 6.21 Å². The smallest absolute Gasteiger partial charge is 0.0207 e. The molecule has 1 nitrogen and oxygen atoms in total. The third-order valence-corrected chi connectivity index (χ3v) is 0.907. The highest BCUT2D eigenvalue weighted by molar-refractivity contribution is 5.75. The zero-order valence-electron chi connectivity index (χ0n) is 6.23. The Labute approximate surface area is 56.6 Å². The van der Waals surface area contributed by atoms with Crippen LogP contribution >= 0.6 is 0 Å². The Morgan fingerprint density at radius 1 is 1.11 bits per heavy atom. The molecule has 0 radical (unpaired) electrons. The predicted molar refractivity (Wildman–Crippen MR) is 42.0 cm³/mol. The maximum Gasteiger partial charge on any atom is 0.0207 e. The second kappa shape index (κ2) is 4.07. The van der Waals surface area contributed by atoms with Crippen molar-refractivity contribution in [2.24, 2.45) is 0 Å². The van der Waals surface area contributed by atoms with Gasteiger partial charge in [0.1, 0.15) is 0 Å². The fourth-order valence-electron chi connectivity index (χ4n) is 0.346. The van der Waals surface area contributed by atoms with E-state index in [1.54, 1.807) is 0 Å². The fourth-order valence-corrected chi connectivity index (χ4v) is 0.346. The van der Waals surface area contributed by atoms with Crippen LogP contribution < -0.4 is 0 Å². The molecule has 0 fully saturated rings. The molecule has 1 N–H and O–H groups in total. The van der Waals surface area contributed by atoms with Gasteiger partial charge in [-0.05, 0) is 26.3 Å². The summed E-state index contributed by atoms with van der Waals surface area (Å²) in [5.74, 6) is 0. The molecule has 0 amide bonds. The van der Waals surface area contributed by atoms with Gasteiger partial charge in [0.05, 0.1) is 0 Å². The molecule has 1 heteroatoms. The standard InChI is InChI=1S/C8H13N/c1-7(2)4-5-8(3)6-9/h4-6,9H,1-3H3/b8-5-,9-6?.